The third-order valence-corrected chi connectivity index (χ3v) is 3.75. The van der Waals surface area contributed by atoms with E-state index >= 15 is 0 Å². The lowest BCUT2D eigenvalue weighted by molar-refractivity contribution is 0.560. The van der Waals surface area contributed by atoms with E-state index in [1.165, 1.54) is 6.07 Å². The largest absolute Gasteiger partial charge is 0.341 e. The van der Waals surface area contributed by atoms with E-state index < -0.39 is 5.82 Å². The first-order valence-corrected chi connectivity index (χ1v) is 7.13. The van der Waals surface area contributed by atoms with E-state index in [-0.39, 0.29) is 11.1 Å². The number of hydrogen-bond donors (Lipinski definition) is 2. The number of halogens is 2. The second-order valence-corrected chi connectivity index (χ2v) is 5.38. The van der Waals surface area contributed by atoms with Crippen molar-refractivity contribution in [3.05, 3.63) is 64.7 Å². The minimum absolute atomic E-state index is 0.0521. The molecule has 5 heteroatoms. The zero-order chi connectivity index (χ0) is 14.8. The van der Waals surface area contributed by atoms with Crippen LogP contribution in [0, 0.1) is 5.82 Å². The fourth-order valence-electron chi connectivity index (χ4n) is 2.24. The molecule has 0 saturated heterocycles. The highest BCUT2D eigenvalue weighted by atomic mass is 35.5. The molecule has 21 heavy (non-hydrogen) atoms. The van der Waals surface area contributed by atoms with Gasteiger partial charge in [0.1, 0.15) is 11.6 Å². The summed E-state index contributed by atoms with van der Waals surface area (Å²) in [4.78, 5) is 7.77. The van der Waals surface area contributed by atoms with Crippen LogP contribution in [0.4, 0.5) is 4.39 Å². The van der Waals surface area contributed by atoms with Crippen molar-refractivity contribution in [1.82, 2.24) is 15.3 Å². The van der Waals surface area contributed by atoms with E-state index in [1.807, 2.05) is 31.2 Å². The van der Waals surface area contributed by atoms with Crippen LogP contribution in [0.3, 0.4) is 0 Å². The average molecular weight is 304 g/mol. The molecule has 1 unspecified atom stereocenters. The Morgan fingerprint density at radius 1 is 1.29 bits per heavy atom. The van der Waals surface area contributed by atoms with Gasteiger partial charge < -0.3 is 10.3 Å². The summed E-state index contributed by atoms with van der Waals surface area (Å²) >= 11 is 5.81. The van der Waals surface area contributed by atoms with Gasteiger partial charge in [0.25, 0.3) is 0 Å². The third kappa shape index (κ3) is 3.06. The molecule has 0 bridgehead atoms. The van der Waals surface area contributed by atoms with Crippen LogP contribution in [0.5, 0.6) is 0 Å². The van der Waals surface area contributed by atoms with Gasteiger partial charge in [-0.1, -0.05) is 29.8 Å². The Morgan fingerprint density at radius 3 is 2.86 bits per heavy atom. The van der Waals surface area contributed by atoms with E-state index in [0.29, 0.717) is 6.54 Å². The molecule has 3 aromatic rings. The molecule has 3 rings (SSSR count). The monoisotopic (exact) mass is 303 g/mol. The number of H-pyrrole nitrogens is 1. The summed E-state index contributed by atoms with van der Waals surface area (Å²) in [6, 6.07) is 12.7. The normalized spacial score (nSPS) is 12.7. The molecule has 1 atom stereocenters. The predicted octanol–water partition coefficient (Wildman–Crippen LogP) is 4.21. The molecule has 0 saturated carbocycles. The summed E-state index contributed by atoms with van der Waals surface area (Å²) in [7, 11) is 0. The number of nitrogens with one attached hydrogen (secondary N) is 2. The van der Waals surface area contributed by atoms with Gasteiger partial charge in [-0.15, -0.1) is 0 Å². The van der Waals surface area contributed by atoms with Crippen molar-refractivity contribution in [2.75, 3.05) is 0 Å². The quantitative estimate of drug-likeness (QED) is 0.758. The summed E-state index contributed by atoms with van der Waals surface area (Å²) in [5.74, 6) is 0.473. The molecule has 108 valence electrons. The van der Waals surface area contributed by atoms with Gasteiger partial charge in [-0.3, -0.25) is 0 Å². The summed E-state index contributed by atoms with van der Waals surface area (Å²) in [5, 5.41) is 3.49. The first kappa shape index (κ1) is 14.0. The summed E-state index contributed by atoms with van der Waals surface area (Å²) in [5.41, 5.74) is 2.91. The van der Waals surface area contributed by atoms with E-state index in [0.717, 1.165) is 22.4 Å². The molecule has 0 spiro atoms. The van der Waals surface area contributed by atoms with Crippen LogP contribution in [-0.4, -0.2) is 9.97 Å². The third-order valence-electron chi connectivity index (χ3n) is 3.46. The van der Waals surface area contributed by atoms with Crippen molar-refractivity contribution >= 4 is 22.6 Å². The zero-order valence-electron chi connectivity index (χ0n) is 11.5. The number of imidazole rings is 1. The molecule has 0 aliphatic rings. The highest BCUT2D eigenvalue weighted by molar-refractivity contribution is 6.30. The Bertz CT molecular complexity index is 736. The summed E-state index contributed by atoms with van der Waals surface area (Å²) in [6.45, 7) is 2.61. The van der Waals surface area contributed by atoms with E-state index in [4.69, 9.17) is 11.6 Å². The van der Waals surface area contributed by atoms with Crippen LogP contribution >= 0.6 is 11.6 Å². The molecule has 1 heterocycles. The molecule has 2 N–H and O–H groups in total. The number of aromatic amines is 1. The zero-order valence-corrected chi connectivity index (χ0v) is 12.3. The van der Waals surface area contributed by atoms with E-state index in [2.05, 4.69) is 15.3 Å². The standard InChI is InChI=1S/C16H15ClFN3/c1-10(11-6-7-13(18)12(17)8-11)19-9-16-20-14-4-2-3-5-15(14)21-16/h2-8,10,19H,9H2,1H3,(H,20,21). The number of rotatable bonds is 4. The van der Waals surface area contributed by atoms with Crippen LogP contribution in [0.1, 0.15) is 24.4 Å². The molecule has 0 aliphatic heterocycles. The van der Waals surface area contributed by atoms with Crippen LogP contribution in [0.25, 0.3) is 11.0 Å². The maximum atomic E-state index is 13.2. The van der Waals surface area contributed by atoms with Gasteiger partial charge >= 0.3 is 0 Å². The molecule has 0 aliphatic carbocycles. The van der Waals surface area contributed by atoms with Gasteiger partial charge in [0, 0.05) is 6.04 Å². The molecule has 2 aromatic carbocycles. The summed E-state index contributed by atoms with van der Waals surface area (Å²) in [6.07, 6.45) is 0. The van der Waals surface area contributed by atoms with Gasteiger partial charge in [0.2, 0.25) is 0 Å². The van der Waals surface area contributed by atoms with Crippen molar-refractivity contribution in [2.45, 2.75) is 19.5 Å². The number of aromatic nitrogens is 2. The number of fused-ring (bicyclic) bond motifs is 1. The minimum Gasteiger partial charge on any atom is -0.341 e. The van der Waals surface area contributed by atoms with Crippen molar-refractivity contribution in [3.8, 4) is 0 Å². The molecule has 0 amide bonds. The highest BCUT2D eigenvalue weighted by Crippen LogP contribution is 2.21. The first-order valence-electron chi connectivity index (χ1n) is 6.75. The molecule has 1 aromatic heterocycles. The molecule has 0 radical (unpaired) electrons. The van der Waals surface area contributed by atoms with Crippen LogP contribution < -0.4 is 5.32 Å². The SMILES string of the molecule is CC(NCc1nc2ccccc2[nH]1)c1ccc(F)c(Cl)c1. The molecular weight excluding hydrogens is 289 g/mol. The molecule has 3 nitrogen and oxygen atoms in total. The number of para-hydroxylation sites is 2. The fraction of sp³-hybridized carbons (Fsp3) is 0.188. The first-order chi connectivity index (χ1) is 10.1. The van der Waals surface area contributed by atoms with Gasteiger partial charge in [0.15, 0.2) is 0 Å². The van der Waals surface area contributed by atoms with Crippen molar-refractivity contribution < 1.29 is 4.39 Å². The number of benzene rings is 2. The predicted molar refractivity (Wildman–Crippen MR) is 82.8 cm³/mol. The Hall–Kier alpha value is -1.91. The molecular formula is C16H15ClFN3. The number of nitrogens with zero attached hydrogens (tertiary/aromatic N) is 1. The molecule has 0 fully saturated rings. The van der Waals surface area contributed by atoms with E-state index in [1.54, 1.807) is 12.1 Å². The Balaban J connectivity index is 1.70. The lowest BCUT2D eigenvalue weighted by Gasteiger charge is -2.13. The lowest BCUT2D eigenvalue weighted by atomic mass is 10.1. The van der Waals surface area contributed by atoms with Gasteiger partial charge in [0.05, 0.1) is 22.6 Å². The fourth-order valence-corrected chi connectivity index (χ4v) is 2.43. The van der Waals surface area contributed by atoms with Gasteiger partial charge in [-0.25, -0.2) is 9.37 Å². The van der Waals surface area contributed by atoms with Crippen molar-refractivity contribution in [2.24, 2.45) is 0 Å². The van der Waals surface area contributed by atoms with Crippen LogP contribution in [0.2, 0.25) is 5.02 Å². The topological polar surface area (TPSA) is 40.7 Å². The maximum absolute atomic E-state index is 13.2. The Labute approximate surface area is 127 Å². The number of hydrogen-bond acceptors (Lipinski definition) is 2. The maximum Gasteiger partial charge on any atom is 0.141 e. The Kier molecular flexibility index (Phi) is 3.90. The minimum atomic E-state index is -0.398. The lowest BCUT2D eigenvalue weighted by Crippen LogP contribution is -2.18. The van der Waals surface area contributed by atoms with Crippen LogP contribution in [0.15, 0.2) is 42.5 Å². The summed E-state index contributed by atoms with van der Waals surface area (Å²) < 4.78 is 13.2. The smallest absolute Gasteiger partial charge is 0.141 e. The van der Waals surface area contributed by atoms with Crippen molar-refractivity contribution in [3.63, 3.8) is 0 Å². The van der Waals surface area contributed by atoms with Gasteiger partial charge in [-0.05, 0) is 36.8 Å². The van der Waals surface area contributed by atoms with Crippen LogP contribution in [-0.2, 0) is 6.54 Å². The Morgan fingerprint density at radius 2 is 2.10 bits per heavy atom. The second kappa shape index (κ2) is 5.84. The van der Waals surface area contributed by atoms with E-state index in [9.17, 15) is 4.39 Å². The second-order valence-electron chi connectivity index (χ2n) is 4.98. The van der Waals surface area contributed by atoms with Gasteiger partial charge in [-0.2, -0.15) is 0 Å². The highest BCUT2D eigenvalue weighted by Gasteiger charge is 2.09. The van der Waals surface area contributed by atoms with Crippen molar-refractivity contribution in [1.29, 1.82) is 0 Å². The average Bonchev–Trinajstić information content (AvgIpc) is 2.90.